The van der Waals surface area contributed by atoms with Crippen LogP contribution in [0.3, 0.4) is 0 Å². The van der Waals surface area contributed by atoms with Crippen LogP contribution in [-0.2, 0) is 9.53 Å². The quantitative estimate of drug-likeness (QED) is 0.678. The highest BCUT2D eigenvalue weighted by atomic mass is 16.5. The highest BCUT2D eigenvalue weighted by molar-refractivity contribution is 5.76. The third kappa shape index (κ3) is 5.77. The SMILES string of the molecule is CCC(CCN)N1CCCN(C(=O)CCCOC)CC1. The van der Waals surface area contributed by atoms with Gasteiger partial charge in [-0.1, -0.05) is 6.92 Å². The van der Waals surface area contributed by atoms with Crippen molar-refractivity contribution in [2.45, 2.75) is 45.1 Å². The molecule has 1 heterocycles. The summed E-state index contributed by atoms with van der Waals surface area (Å²) in [7, 11) is 1.68. The molecular formula is C15H31N3O2. The van der Waals surface area contributed by atoms with Gasteiger partial charge < -0.3 is 15.4 Å². The average molecular weight is 285 g/mol. The van der Waals surface area contributed by atoms with Gasteiger partial charge in [0.15, 0.2) is 0 Å². The van der Waals surface area contributed by atoms with Crippen molar-refractivity contribution in [2.75, 3.05) is 46.4 Å². The Bertz CT molecular complexity index is 274. The summed E-state index contributed by atoms with van der Waals surface area (Å²) in [6.07, 6.45) is 4.68. The summed E-state index contributed by atoms with van der Waals surface area (Å²) in [5.41, 5.74) is 5.69. The fourth-order valence-electron chi connectivity index (χ4n) is 2.92. The van der Waals surface area contributed by atoms with Crippen molar-refractivity contribution < 1.29 is 9.53 Å². The second-order valence-electron chi connectivity index (χ2n) is 5.51. The number of carbonyl (C=O) groups is 1. The highest BCUT2D eigenvalue weighted by Gasteiger charge is 2.22. The Morgan fingerprint density at radius 1 is 1.30 bits per heavy atom. The van der Waals surface area contributed by atoms with Crippen molar-refractivity contribution in [1.29, 1.82) is 0 Å². The molecule has 0 aliphatic carbocycles. The van der Waals surface area contributed by atoms with Crippen LogP contribution in [0.4, 0.5) is 0 Å². The van der Waals surface area contributed by atoms with E-state index in [-0.39, 0.29) is 5.91 Å². The number of methoxy groups -OCH3 is 1. The molecule has 1 atom stereocenters. The largest absolute Gasteiger partial charge is 0.385 e. The second kappa shape index (κ2) is 10.1. The Balaban J connectivity index is 2.39. The predicted octanol–water partition coefficient (Wildman–Crippen LogP) is 1.07. The molecule has 1 fully saturated rings. The molecule has 2 N–H and O–H groups in total. The van der Waals surface area contributed by atoms with Crippen LogP contribution in [0.1, 0.15) is 39.0 Å². The molecule has 1 saturated heterocycles. The van der Waals surface area contributed by atoms with Gasteiger partial charge in [0.1, 0.15) is 0 Å². The summed E-state index contributed by atoms with van der Waals surface area (Å²) < 4.78 is 5.00. The Morgan fingerprint density at radius 2 is 2.10 bits per heavy atom. The van der Waals surface area contributed by atoms with Crippen LogP contribution >= 0.6 is 0 Å². The molecular weight excluding hydrogens is 254 g/mol. The van der Waals surface area contributed by atoms with E-state index < -0.39 is 0 Å². The van der Waals surface area contributed by atoms with E-state index in [1.165, 1.54) is 0 Å². The third-order valence-electron chi connectivity index (χ3n) is 4.11. The lowest BCUT2D eigenvalue weighted by molar-refractivity contribution is -0.131. The van der Waals surface area contributed by atoms with Crippen molar-refractivity contribution in [3.05, 3.63) is 0 Å². The van der Waals surface area contributed by atoms with E-state index in [4.69, 9.17) is 10.5 Å². The lowest BCUT2D eigenvalue weighted by Crippen LogP contribution is -2.40. The minimum absolute atomic E-state index is 0.274. The molecule has 1 unspecified atom stereocenters. The molecule has 118 valence electrons. The van der Waals surface area contributed by atoms with E-state index in [2.05, 4.69) is 11.8 Å². The van der Waals surface area contributed by atoms with Gasteiger partial charge >= 0.3 is 0 Å². The Labute approximate surface area is 123 Å². The van der Waals surface area contributed by atoms with Gasteiger partial charge in [-0.05, 0) is 32.2 Å². The Morgan fingerprint density at radius 3 is 2.75 bits per heavy atom. The third-order valence-corrected chi connectivity index (χ3v) is 4.11. The molecule has 1 aliphatic heterocycles. The monoisotopic (exact) mass is 285 g/mol. The molecule has 1 amide bonds. The van der Waals surface area contributed by atoms with E-state index in [1.807, 2.05) is 4.90 Å². The minimum atomic E-state index is 0.274. The molecule has 1 aliphatic rings. The van der Waals surface area contributed by atoms with Crippen LogP contribution in [0.25, 0.3) is 0 Å². The Kier molecular flexibility index (Phi) is 8.82. The van der Waals surface area contributed by atoms with Crippen molar-refractivity contribution >= 4 is 5.91 Å². The first-order valence-corrected chi connectivity index (χ1v) is 7.93. The molecule has 0 saturated carbocycles. The van der Waals surface area contributed by atoms with Crippen molar-refractivity contribution in [3.63, 3.8) is 0 Å². The normalized spacial score (nSPS) is 18.9. The zero-order valence-corrected chi connectivity index (χ0v) is 13.1. The molecule has 1 rings (SSSR count). The van der Waals surface area contributed by atoms with Crippen LogP contribution in [0.5, 0.6) is 0 Å². The second-order valence-corrected chi connectivity index (χ2v) is 5.51. The summed E-state index contributed by atoms with van der Waals surface area (Å²) in [6, 6.07) is 0.573. The maximum absolute atomic E-state index is 12.1. The lowest BCUT2D eigenvalue weighted by Gasteiger charge is -2.29. The fourth-order valence-corrected chi connectivity index (χ4v) is 2.92. The molecule has 0 spiro atoms. The van der Waals surface area contributed by atoms with E-state index >= 15 is 0 Å². The number of amides is 1. The highest BCUT2D eigenvalue weighted by Crippen LogP contribution is 2.13. The Hall–Kier alpha value is -0.650. The van der Waals surface area contributed by atoms with Gasteiger partial charge in [0.25, 0.3) is 0 Å². The standard InChI is InChI=1S/C15H31N3O2/c1-3-14(7-8-16)17-9-5-10-18(12-11-17)15(19)6-4-13-20-2/h14H,3-13,16H2,1-2H3. The molecule has 0 bridgehead atoms. The minimum Gasteiger partial charge on any atom is -0.385 e. The number of rotatable bonds is 8. The molecule has 5 nitrogen and oxygen atoms in total. The molecule has 5 heteroatoms. The van der Waals surface area contributed by atoms with Gasteiger partial charge in [-0.25, -0.2) is 0 Å². The summed E-state index contributed by atoms with van der Waals surface area (Å²) in [6.45, 7) is 7.44. The van der Waals surface area contributed by atoms with E-state index in [0.717, 1.165) is 58.4 Å². The van der Waals surface area contributed by atoms with Crippen molar-refractivity contribution in [3.8, 4) is 0 Å². The van der Waals surface area contributed by atoms with Crippen molar-refractivity contribution in [1.82, 2.24) is 9.80 Å². The van der Waals surface area contributed by atoms with Crippen LogP contribution in [0.15, 0.2) is 0 Å². The van der Waals surface area contributed by atoms with Gasteiger partial charge in [0.05, 0.1) is 0 Å². The molecule has 20 heavy (non-hydrogen) atoms. The van der Waals surface area contributed by atoms with Gasteiger partial charge in [-0.2, -0.15) is 0 Å². The summed E-state index contributed by atoms with van der Waals surface area (Å²) in [5, 5.41) is 0. The number of nitrogens with two attached hydrogens (primary N) is 1. The number of hydrogen-bond donors (Lipinski definition) is 1. The van der Waals surface area contributed by atoms with Crippen LogP contribution in [0, 0.1) is 0 Å². The summed E-state index contributed by atoms with van der Waals surface area (Å²) in [4.78, 5) is 16.7. The molecule has 0 radical (unpaired) electrons. The topological polar surface area (TPSA) is 58.8 Å². The lowest BCUT2D eigenvalue weighted by atomic mass is 10.1. The first-order chi connectivity index (χ1) is 9.72. The first-order valence-electron chi connectivity index (χ1n) is 7.93. The number of ether oxygens (including phenoxy) is 1. The number of hydrogen-bond acceptors (Lipinski definition) is 4. The smallest absolute Gasteiger partial charge is 0.222 e. The van der Waals surface area contributed by atoms with Gasteiger partial charge in [0.2, 0.25) is 5.91 Å². The predicted molar refractivity (Wildman–Crippen MR) is 81.6 cm³/mol. The van der Waals surface area contributed by atoms with Crippen molar-refractivity contribution in [2.24, 2.45) is 5.73 Å². The van der Waals surface area contributed by atoms with Crippen LogP contribution < -0.4 is 5.73 Å². The van der Waals surface area contributed by atoms with Crippen LogP contribution in [0.2, 0.25) is 0 Å². The zero-order valence-electron chi connectivity index (χ0n) is 13.1. The number of nitrogens with zero attached hydrogens (tertiary/aromatic N) is 2. The zero-order chi connectivity index (χ0) is 14.8. The van der Waals surface area contributed by atoms with E-state index in [1.54, 1.807) is 7.11 Å². The average Bonchev–Trinajstić information content (AvgIpc) is 2.71. The fraction of sp³-hybridized carbons (Fsp3) is 0.933. The molecule has 0 aromatic heterocycles. The molecule has 0 aromatic carbocycles. The van der Waals surface area contributed by atoms with Gasteiger partial charge in [0, 0.05) is 52.4 Å². The van der Waals surface area contributed by atoms with E-state index in [9.17, 15) is 4.79 Å². The maximum Gasteiger partial charge on any atom is 0.222 e. The van der Waals surface area contributed by atoms with Crippen LogP contribution in [-0.4, -0.2) is 68.2 Å². The summed E-state index contributed by atoms with van der Waals surface area (Å²) in [5.74, 6) is 0.274. The van der Waals surface area contributed by atoms with E-state index in [0.29, 0.717) is 19.1 Å². The summed E-state index contributed by atoms with van der Waals surface area (Å²) >= 11 is 0. The first kappa shape index (κ1) is 17.4. The van der Waals surface area contributed by atoms with Gasteiger partial charge in [-0.3, -0.25) is 9.69 Å². The number of carbonyl (C=O) groups excluding carboxylic acids is 1. The van der Waals surface area contributed by atoms with Gasteiger partial charge in [-0.15, -0.1) is 0 Å². The molecule has 0 aromatic rings. The maximum atomic E-state index is 12.1.